The molecule has 0 radical (unpaired) electrons. The Balaban J connectivity index is 1.90. The molecule has 0 N–H and O–H groups in total. The lowest BCUT2D eigenvalue weighted by atomic mass is 9.83. The van der Waals surface area contributed by atoms with Crippen molar-refractivity contribution < 1.29 is 9.18 Å². The molecular weight excluding hydrogens is 255 g/mol. The van der Waals surface area contributed by atoms with Crippen LogP contribution >= 0.6 is 0 Å². The van der Waals surface area contributed by atoms with Crippen molar-refractivity contribution in [1.82, 2.24) is 9.80 Å². The number of hydrogen-bond acceptors (Lipinski definition) is 2. The average molecular weight is 276 g/mol. The Morgan fingerprint density at radius 2 is 2.15 bits per heavy atom. The molecule has 0 spiro atoms. The summed E-state index contributed by atoms with van der Waals surface area (Å²) < 4.78 is 13.9. The van der Waals surface area contributed by atoms with Crippen LogP contribution < -0.4 is 0 Å². The molecule has 4 heteroatoms. The second-order valence-electron chi connectivity index (χ2n) is 6.21. The van der Waals surface area contributed by atoms with Crippen molar-refractivity contribution in [2.75, 3.05) is 13.6 Å². The molecule has 2 aliphatic rings. The Labute approximate surface area is 119 Å². The normalized spacial score (nSPS) is 30.6. The summed E-state index contributed by atoms with van der Waals surface area (Å²) in [6, 6.07) is 7.14. The van der Waals surface area contributed by atoms with Gasteiger partial charge in [-0.3, -0.25) is 4.79 Å². The van der Waals surface area contributed by atoms with Gasteiger partial charge in [0, 0.05) is 31.1 Å². The quantitative estimate of drug-likeness (QED) is 0.828. The largest absolute Gasteiger partial charge is 0.331 e. The van der Waals surface area contributed by atoms with Crippen LogP contribution in [-0.4, -0.2) is 40.9 Å². The Morgan fingerprint density at radius 3 is 2.90 bits per heavy atom. The number of halogens is 1. The van der Waals surface area contributed by atoms with E-state index in [0.29, 0.717) is 24.6 Å². The molecule has 0 aliphatic carbocycles. The van der Waals surface area contributed by atoms with Gasteiger partial charge in [-0.1, -0.05) is 18.2 Å². The number of fused-ring (bicyclic) bond motifs is 1. The third-order valence-corrected chi connectivity index (χ3v) is 5.06. The summed E-state index contributed by atoms with van der Waals surface area (Å²) >= 11 is 0. The van der Waals surface area contributed by atoms with Gasteiger partial charge in [-0.05, 0) is 32.9 Å². The second kappa shape index (κ2) is 4.85. The molecule has 0 aromatic heterocycles. The van der Waals surface area contributed by atoms with Crippen molar-refractivity contribution >= 4 is 5.91 Å². The molecule has 108 valence electrons. The zero-order valence-corrected chi connectivity index (χ0v) is 12.1. The topological polar surface area (TPSA) is 23.6 Å². The van der Waals surface area contributed by atoms with Gasteiger partial charge in [0.05, 0.1) is 5.54 Å². The van der Waals surface area contributed by atoms with Crippen molar-refractivity contribution in [3.8, 4) is 0 Å². The second-order valence-corrected chi connectivity index (χ2v) is 6.21. The minimum absolute atomic E-state index is 0.155. The molecule has 2 saturated heterocycles. The highest BCUT2D eigenvalue weighted by atomic mass is 19.1. The summed E-state index contributed by atoms with van der Waals surface area (Å²) in [5, 5.41) is 0. The first-order valence-electron chi connectivity index (χ1n) is 7.26. The smallest absolute Gasteiger partial charge is 0.223 e. The van der Waals surface area contributed by atoms with Crippen molar-refractivity contribution in [3.05, 3.63) is 35.6 Å². The number of amides is 1. The standard InChI is InChI=1S/C16H21FN2O/c1-16-9-10-18(2)14(16)7-8-15(20)19(16)11-12-5-3-4-6-13(12)17/h3-6,14H,7-11H2,1-2H3/t14-,16-/m0/s1. The van der Waals surface area contributed by atoms with E-state index in [1.165, 1.54) is 6.07 Å². The molecule has 2 fully saturated rings. The number of likely N-dealkylation sites (N-methyl/N-ethyl adjacent to an activating group) is 1. The fraction of sp³-hybridized carbons (Fsp3) is 0.562. The minimum Gasteiger partial charge on any atom is -0.331 e. The van der Waals surface area contributed by atoms with Crippen molar-refractivity contribution in [2.24, 2.45) is 0 Å². The van der Waals surface area contributed by atoms with Crippen LogP contribution in [0.3, 0.4) is 0 Å². The van der Waals surface area contributed by atoms with E-state index >= 15 is 0 Å². The molecule has 1 aromatic rings. The molecule has 20 heavy (non-hydrogen) atoms. The fourth-order valence-corrected chi connectivity index (χ4v) is 3.79. The Kier molecular flexibility index (Phi) is 3.28. The van der Waals surface area contributed by atoms with E-state index in [9.17, 15) is 9.18 Å². The first-order chi connectivity index (χ1) is 9.52. The summed E-state index contributed by atoms with van der Waals surface area (Å²) in [7, 11) is 2.12. The number of piperidine rings is 1. The molecule has 2 aliphatic heterocycles. The first kappa shape index (κ1) is 13.6. The Hall–Kier alpha value is -1.42. The molecule has 3 rings (SSSR count). The van der Waals surface area contributed by atoms with Crippen molar-refractivity contribution in [1.29, 1.82) is 0 Å². The van der Waals surface area contributed by atoms with Crippen LogP contribution in [0.5, 0.6) is 0 Å². The van der Waals surface area contributed by atoms with Gasteiger partial charge in [0.25, 0.3) is 0 Å². The lowest BCUT2D eigenvalue weighted by Crippen LogP contribution is -2.59. The Bertz CT molecular complexity index is 533. The van der Waals surface area contributed by atoms with E-state index in [1.807, 2.05) is 11.0 Å². The minimum atomic E-state index is -0.225. The lowest BCUT2D eigenvalue weighted by molar-refractivity contribution is -0.144. The van der Waals surface area contributed by atoms with Gasteiger partial charge in [0.1, 0.15) is 5.82 Å². The zero-order valence-electron chi connectivity index (χ0n) is 12.1. The van der Waals surface area contributed by atoms with E-state index in [0.717, 1.165) is 19.4 Å². The molecule has 3 nitrogen and oxygen atoms in total. The summed E-state index contributed by atoms with van der Waals surface area (Å²) in [6.07, 6.45) is 2.45. The van der Waals surface area contributed by atoms with E-state index in [4.69, 9.17) is 0 Å². The van der Waals surface area contributed by atoms with Crippen LogP contribution in [0.1, 0.15) is 31.7 Å². The number of hydrogen-bond donors (Lipinski definition) is 0. The molecule has 2 heterocycles. The highest BCUT2D eigenvalue weighted by Crippen LogP contribution is 2.40. The molecule has 1 amide bonds. The first-order valence-corrected chi connectivity index (χ1v) is 7.26. The number of rotatable bonds is 2. The summed E-state index contributed by atoms with van der Waals surface area (Å²) in [5.41, 5.74) is 0.448. The van der Waals surface area contributed by atoms with Gasteiger partial charge < -0.3 is 9.80 Å². The van der Waals surface area contributed by atoms with Crippen LogP contribution in [0.15, 0.2) is 24.3 Å². The number of carbonyl (C=O) groups excluding carboxylic acids is 1. The van der Waals surface area contributed by atoms with Crippen LogP contribution in [0.2, 0.25) is 0 Å². The third-order valence-electron chi connectivity index (χ3n) is 5.06. The zero-order chi connectivity index (χ0) is 14.3. The van der Waals surface area contributed by atoms with Crippen LogP contribution in [0, 0.1) is 5.82 Å². The fourth-order valence-electron chi connectivity index (χ4n) is 3.79. The van der Waals surface area contributed by atoms with E-state index in [1.54, 1.807) is 12.1 Å². The maximum Gasteiger partial charge on any atom is 0.223 e. The van der Waals surface area contributed by atoms with Gasteiger partial charge in [0.15, 0.2) is 0 Å². The highest BCUT2D eigenvalue weighted by Gasteiger charge is 2.50. The molecule has 0 bridgehead atoms. The third kappa shape index (κ3) is 2.03. The predicted octanol–water partition coefficient (Wildman–Crippen LogP) is 2.41. The molecule has 0 unspecified atom stereocenters. The van der Waals surface area contributed by atoms with Gasteiger partial charge in [-0.15, -0.1) is 0 Å². The Morgan fingerprint density at radius 1 is 1.40 bits per heavy atom. The van der Waals surface area contributed by atoms with Crippen LogP contribution in [-0.2, 0) is 11.3 Å². The number of carbonyl (C=O) groups is 1. The van der Waals surface area contributed by atoms with Gasteiger partial charge in [0.2, 0.25) is 5.91 Å². The van der Waals surface area contributed by atoms with Gasteiger partial charge in [-0.2, -0.15) is 0 Å². The van der Waals surface area contributed by atoms with E-state index in [-0.39, 0.29) is 17.3 Å². The SMILES string of the molecule is CN1CC[C@@]2(C)[C@@H]1CCC(=O)N2Cc1ccccc1F. The predicted molar refractivity (Wildman–Crippen MR) is 75.6 cm³/mol. The molecule has 0 saturated carbocycles. The van der Waals surface area contributed by atoms with Gasteiger partial charge in [-0.25, -0.2) is 4.39 Å². The monoisotopic (exact) mass is 276 g/mol. The molecule has 2 atom stereocenters. The number of benzene rings is 1. The van der Waals surface area contributed by atoms with Crippen LogP contribution in [0.4, 0.5) is 4.39 Å². The van der Waals surface area contributed by atoms with Gasteiger partial charge >= 0.3 is 0 Å². The van der Waals surface area contributed by atoms with E-state index in [2.05, 4.69) is 18.9 Å². The lowest BCUT2D eigenvalue weighted by Gasteiger charge is -2.47. The summed E-state index contributed by atoms with van der Waals surface area (Å²) in [6.45, 7) is 3.54. The van der Waals surface area contributed by atoms with Crippen LogP contribution in [0.25, 0.3) is 0 Å². The van der Waals surface area contributed by atoms with E-state index < -0.39 is 0 Å². The molecular formula is C16H21FN2O. The van der Waals surface area contributed by atoms with Crippen molar-refractivity contribution in [2.45, 2.75) is 44.3 Å². The average Bonchev–Trinajstić information content (AvgIpc) is 2.72. The maximum absolute atomic E-state index is 13.9. The number of nitrogens with zero attached hydrogens (tertiary/aromatic N) is 2. The summed E-state index contributed by atoms with van der Waals surface area (Å²) in [5.74, 6) is -0.0697. The number of likely N-dealkylation sites (tertiary alicyclic amines) is 2. The maximum atomic E-state index is 13.9. The highest BCUT2D eigenvalue weighted by molar-refractivity contribution is 5.78. The summed E-state index contributed by atoms with van der Waals surface area (Å²) in [4.78, 5) is 16.6. The molecule has 1 aromatic carbocycles. The van der Waals surface area contributed by atoms with Crippen molar-refractivity contribution in [3.63, 3.8) is 0 Å².